The minimum atomic E-state index is -5.08. The number of carbonyl (C=O) groups excluding carboxylic acids is 2. The van der Waals surface area contributed by atoms with E-state index in [1.165, 1.54) is 42.2 Å². The second kappa shape index (κ2) is 11.6. The van der Waals surface area contributed by atoms with Crippen molar-refractivity contribution in [1.29, 1.82) is 0 Å². The maximum absolute atomic E-state index is 15.3. The Kier molecular flexibility index (Phi) is 8.38. The number of anilines is 1. The van der Waals surface area contributed by atoms with Crippen LogP contribution in [0.4, 0.5) is 14.9 Å². The van der Waals surface area contributed by atoms with Gasteiger partial charge in [0.15, 0.2) is 16.6 Å². The molecule has 1 amide bonds. The third-order valence-electron chi connectivity index (χ3n) is 7.62. The zero-order valence-corrected chi connectivity index (χ0v) is 24.8. The highest BCUT2D eigenvalue weighted by Crippen LogP contribution is 2.60. The number of halogens is 1. The molecule has 0 bridgehead atoms. The average molecular weight is 637 g/mol. The van der Waals surface area contributed by atoms with Crippen LogP contribution in [0.2, 0.25) is 0 Å². The van der Waals surface area contributed by atoms with E-state index in [4.69, 9.17) is 4.74 Å². The molecular formula is C27H30FN3O10P2. The highest BCUT2D eigenvalue weighted by Gasteiger charge is 2.43. The van der Waals surface area contributed by atoms with Crippen molar-refractivity contribution in [3.63, 3.8) is 0 Å². The third-order valence-corrected chi connectivity index (χ3v) is 11.3. The summed E-state index contributed by atoms with van der Waals surface area (Å²) in [5.41, 5.74) is 0.581. The monoisotopic (exact) mass is 637 g/mol. The Morgan fingerprint density at radius 1 is 1.00 bits per heavy atom. The maximum atomic E-state index is 15.3. The Balaban J connectivity index is 1.25. The number of nitrogens with zero attached hydrogens (tertiary/aromatic N) is 3. The molecule has 4 N–H and O–H groups in total. The fourth-order valence-electron chi connectivity index (χ4n) is 5.14. The van der Waals surface area contributed by atoms with Crippen molar-refractivity contribution in [1.82, 2.24) is 9.47 Å². The van der Waals surface area contributed by atoms with Crippen LogP contribution in [0, 0.1) is 5.82 Å². The molecule has 3 aromatic rings. The number of hydrogen-bond acceptors (Lipinski definition) is 7. The van der Waals surface area contributed by atoms with Crippen LogP contribution in [0.25, 0.3) is 10.9 Å². The highest BCUT2D eigenvalue weighted by atomic mass is 31.2. The van der Waals surface area contributed by atoms with Crippen LogP contribution >= 0.6 is 15.2 Å². The molecular weight excluding hydrogens is 607 g/mol. The molecule has 2 aliphatic rings. The first-order valence-electron chi connectivity index (χ1n) is 13.4. The summed E-state index contributed by atoms with van der Waals surface area (Å²) in [4.78, 5) is 78.1. The van der Waals surface area contributed by atoms with Crippen LogP contribution in [0.15, 0.2) is 47.4 Å². The van der Waals surface area contributed by atoms with Crippen molar-refractivity contribution in [2.75, 3.05) is 31.1 Å². The predicted molar refractivity (Wildman–Crippen MR) is 154 cm³/mol. The van der Waals surface area contributed by atoms with Crippen LogP contribution in [0.3, 0.4) is 0 Å². The lowest BCUT2D eigenvalue weighted by molar-refractivity contribution is 0.101. The van der Waals surface area contributed by atoms with Gasteiger partial charge in [-0.05, 0) is 56.0 Å². The predicted octanol–water partition coefficient (Wildman–Crippen LogP) is 3.22. The summed E-state index contributed by atoms with van der Waals surface area (Å²) in [6.07, 6.45) is 2.10. The number of benzene rings is 2. The number of fused-ring (bicyclic) bond motifs is 1. The quantitative estimate of drug-likeness (QED) is 0.210. The summed E-state index contributed by atoms with van der Waals surface area (Å²) >= 11 is 0. The topological polar surface area (TPSA) is 187 Å². The number of aromatic nitrogens is 1. The van der Waals surface area contributed by atoms with Gasteiger partial charge in [-0.1, -0.05) is 12.1 Å². The molecule has 16 heteroatoms. The molecule has 1 saturated carbocycles. The fraction of sp³-hybridized carbons (Fsp3) is 0.370. The van der Waals surface area contributed by atoms with Crippen molar-refractivity contribution in [3.05, 3.63) is 69.8 Å². The normalized spacial score (nSPS) is 16.2. The van der Waals surface area contributed by atoms with E-state index in [2.05, 4.69) is 0 Å². The van der Waals surface area contributed by atoms with Crippen molar-refractivity contribution >= 4 is 43.7 Å². The number of pyridine rings is 1. The lowest BCUT2D eigenvalue weighted by atomic mass is 10.1. The summed E-state index contributed by atoms with van der Waals surface area (Å²) in [6, 6.07) is 8.32. The van der Waals surface area contributed by atoms with Gasteiger partial charge in [-0.2, -0.15) is 0 Å². The van der Waals surface area contributed by atoms with Crippen LogP contribution in [-0.4, -0.2) is 72.5 Å². The van der Waals surface area contributed by atoms with Crippen molar-refractivity contribution < 1.29 is 47.4 Å². The molecule has 230 valence electrons. The van der Waals surface area contributed by atoms with Crippen LogP contribution < -0.4 is 15.1 Å². The Labute approximate surface area is 244 Å². The van der Waals surface area contributed by atoms with Crippen molar-refractivity contribution in [3.8, 4) is 5.75 Å². The van der Waals surface area contributed by atoms with Gasteiger partial charge >= 0.3 is 21.3 Å². The van der Waals surface area contributed by atoms with E-state index in [9.17, 15) is 43.1 Å². The van der Waals surface area contributed by atoms with Gasteiger partial charge in [0.25, 0.3) is 0 Å². The van der Waals surface area contributed by atoms with Crippen LogP contribution in [0.1, 0.15) is 41.7 Å². The van der Waals surface area contributed by atoms with Gasteiger partial charge in [-0.25, -0.2) is 9.18 Å². The molecule has 1 saturated heterocycles. The van der Waals surface area contributed by atoms with Gasteiger partial charge in [-0.3, -0.25) is 18.7 Å². The zero-order chi connectivity index (χ0) is 31.3. The minimum Gasteiger partial charge on any atom is -0.410 e. The van der Waals surface area contributed by atoms with Crippen LogP contribution in [-0.2, 0) is 15.6 Å². The molecule has 2 fully saturated rings. The van der Waals surface area contributed by atoms with Gasteiger partial charge in [0.1, 0.15) is 11.6 Å². The largest absolute Gasteiger partial charge is 0.415 e. The molecule has 2 heterocycles. The van der Waals surface area contributed by atoms with E-state index < -0.39 is 44.4 Å². The lowest BCUT2D eigenvalue weighted by Gasteiger charge is -2.35. The Morgan fingerprint density at radius 3 is 2.14 bits per heavy atom. The third kappa shape index (κ3) is 6.75. The maximum Gasteiger partial charge on any atom is 0.415 e. The van der Waals surface area contributed by atoms with E-state index >= 15 is 4.39 Å². The molecule has 1 aliphatic carbocycles. The summed E-state index contributed by atoms with van der Waals surface area (Å²) in [6.45, 7) is 2.28. The molecule has 1 aliphatic heterocycles. The Morgan fingerprint density at radius 2 is 1.60 bits per heavy atom. The fourth-order valence-corrected chi connectivity index (χ4v) is 7.60. The molecule has 0 atom stereocenters. The van der Waals surface area contributed by atoms with E-state index in [1.807, 2.05) is 4.57 Å². The van der Waals surface area contributed by atoms with Crippen molar-refractivity contribution in [2.24, 2.45) is 0 Å². The summed E-state index contributed by atoms with van der Waals surface area (Å²) in [5.74, 6) is -0.870. The van der Waals surface area contributed by atoms with E-state index in [0.717, 1.165) is 12.8 Å². The number of hydrogen-bond donors (Lipinski definition) is 4. The van der Waals surface area contributed by atoms with Crippen molar-refractivity contribution in [2.45, 2.75) is 37.6 Å². The van der Waals surface area contributed by atoms with E-state index in [0.29, 0.717) is 5.52 Å². The number of carbonyl (C=O) groups is 2. The SMILES string of the molecule is CC(=O)c1cn(C2CC2)c2cc(N3CCN(C(=O)Oc4ccc(CC(P(=O)(O)O)P(=O)(O)O)cc4)CC3)c(F)cc2c1=O. The standard InChI is InChI=1S/C27H30FN3O10P2/c1-16(32)21-15-31(18-4-5-18)23-14-24(22(28)13-20(23)26(21)33)29-8-10-30(11-9-29)27(34)41-19-6-2-17(3-7-19)12-25(42(35,36)37)43(38,39)40/h2-3,6-7,13-15,18,25H,4-5,8-12H2,1H3,(H2,35,36,37)(H2,38,39,40). The molecule has 43 heavy (non-hydrogen) atoms. The second-order valence-corrected chi connectivity index (χ2v) is 14.7. The molecule has 5 rings (SSSR count). The molecule has 0 unspecified atom stereocenters. The highest BCUT2D eigenvalue weighted by molar-refractivity contribution is 7.70. The molecule has 0 radical (unpaired) electrons. The van der Waals surface area contributed by atoms with E-state index in [1.54, 1.807) is 17.2 Å². The zero-order valence-electron chi connectivity index (χ0n) is 23.0. The second-order valence-electron chi connectivity index (χ2n) is 10.7. The van der Waals surface area contributed by atoms with Gasteiger partial charge in [-0.15, -0.1) is 0 Å². The summed E-state index contributed by atoms with van der Waals surface area (Å²) in [5, 5.41) is -2.04. The Bertz CT molecular complexity index is 1720. The minimum absolute atomic E-state index is 0.0276. The summed E-state index contributed by atoms with van der Waals surface area (Å²) in [7, 11) is -10.2. The smallest absolute Gasteiger partial charge is 0.410 e. The van der Waals surface area contributed by atoms with Crippen LogP contribution in [0.5, 0.6) is 5.75 Å². The first-order valence-corrected chi connectivity index (χ1v) is 16.8. The number of piperazine rings is 1. The number of ketones is 1. The molecule has 2 aromatic carbocycles. The number of amides is 1. The number of ether oxygens (including phenoxy) is 1. The molecule has 0 spiro atoms. The first kappa shape index (κ1) is 31.1. The molecule has 1 aromatic heterocycles. The van der Waals surface area contributed by atoms with Gasteiger partial charge in [0.2, 0.25) is 0 Å². The van der Waals surface area contributed by atoms with Gasteiger partial charge in [0, 0.05) is 43.8 Å². The van der Waals surface area contributed by atoms with E-state index in [-0.39, 0.29) is 66.0 Å². The number of Topliss-reactive ketones (excluding diaryl/α,β-unsaturated/α-hetero) is 1. The average Bonchev–Trinajstić information content (AvgIpc) is 3.77. The summed E-state index contributed by atoms with van der Waals surface area (Å²) < 4.78 is 45.6. The van der Waals surface area contributed by atoms with Gasteiger partial charge in [0.05, 0.1) is 16.8 Å². The molecule has 13 nitrogen and oxygen atoms in total. The number of rotatable bonds is 8. The first-order chi connectivity index (χ1) is 20.1. The Hall–Kier alpha value is -3.38. The lowest BCUT2D eigenvalue weighted by Crippen LogP contribution is -2.49. The van der Waals surface area contributed by atoms with Gasteiger partial charge < -0.3 is 38.7 Å².